The summed E-state index contributed by atoms with van der Waals surface area (Å²) in [7, 11) is 0. The molecule has 0 spiro atoms. The maximum absolute atomic E-state index is 3.49. The van der Waals surface area contributed by atoms with Crippen molar-refractivity contribution in [2.75, 3.05) is 45.8 Å². The molecule has 2 aliphatic rings. The van der Waals surface area contributed by atoms with Gasteiger partial charge >= 0.3 is 0 Å². The van der Waals surface area contributed by atoms with Crippen LogP contribution in [0.25, 0.3) is 0 Å². The molecule has 1 atom stereocenters. The normalized spacial score (nSPS) is 29.5. The number of rotatable bonds is 3. The lowest BCUT2D eigenvalue weighted by Gasteiger charge is -2.28. The third-order valence-electron chi connectivity index (χ3n) is 4.22. The second-order valence-electron chi connectivity index (χ2n) is 6.00. The molecule has 0 bridgehead atoms. The number of likely N-dealkylation sites (tertiary alicyclic amines) is 1. The van der Waals surface area contributed by atoms with E-state index >= 15 is 0 Å². The monoisotopic (exact) mass is 239 g/mol. The molecule has 100 valence electrons. The predicted octanol–water partition coefficient (Wildman–Crippen LogP) is 1.40. The largest absolute Gasteiger partial charge is 0.317 e. The van der Waals surface area contributed by atoms with Crippen LogP contribution in [0.5, 0.6) is 0 Å². The van der Waals surface area contributed by atoms with Crippen molar-refractivity contribution in [3.8, 4) is 0 Å². The highest BCUT2D eigenvalue weighted by Crippen LogP contribution is 2.19. The Bertz CT molecular complexity index is 210. The Labute approximate surface area is 107 Å². The Balaban J connectivity index is 1.72. The molecule has 0 saturated carbocycles. The lowest BCUT2D eigenvalue weighted by molar-refractivity contribution is 0.204. The van der Waals surface area contributed by atoms with Gasteiger partial charge in [-0.1, -0.05) is 0 Å². The second kappa shape index (κ2) is 6.72. The first-order valence-corrected chi connectivity index (χ1v) is 7.43. The van der Waals surface area contributed by atoms with Crippen molar-refractivity contribution in [2.24, 2.45) is 5.92 Å². The highest BCUT2D eigenvalue weighted by Gasteiger charge is 2.25. The summed E-state index contributed by atoms with van der Waals surface area (Å²) in [4.78, 5) is 5.34. The van der Waals surface area contributed by atoms with Gasteiger partial charge in [0.25, 0.3) is 0 Å². The van der Waals surface area contributed by atoms with E-state index in [1.54, 1.807) is 0 Å². The van der Waals surface area contributed by atoms with Gasteiger partial charge in [-0.3, -0.25) is 0 Å². The minimum Gasteiger partial charge on any atom is -0.317 e. The van der Waals surface area contributed by atoms with Crippen LogP contribution < -0.4 is 5.32 Å². The Morgan fingerprint density at radius 1 is 1.12 bits per heavy atom. The molecule has 1 N–H and O–H groups in total. The molecule has 2 aliphatic heterocycles. The van der Waals surface area contributed by atoms with Crippen LogP contribution in [0.15, 0.2) is 0 Å². The van der Waals surface area contributed by atoms with E-state index in [1.165, 1.54) is 65.1 Å². The van der Waals surface area contributed by atoms with Crippen LogP contribution in [0.4, 0.5) is 0 Å². The van der Waals surface area contributed by atoms with Crippen LogP contribution in [-0.4, -0.2) is 61.7 Å². The number of hydrogen-bond acceptors (Lipinski definition) is 3. The molecule has 2 saturated heterocycles. The van der Waals surface area contributed by atoms with E-state index in [4.69, 9.17) is 0 Å². The van der Waals surface area contributed by atoms with E-state index in [0.29, 0.717) is 0 Å². The first-order valence-electron chi connectivity index (χ1n) is 7.43. The number of nitrogens with zero attached hydrogens (tertiary/aromatic N) is 2. The standard InChI is InChI=1S/C14H29N3/c1-13(2)17-10-5-14(12-17)11-16-8-3-6-15-7-4-9-16/h13-15H,3-12H2,1-2H3. The summed E-state index contributed by atoms with van der Waals surface area (Å²) in [6.07, 6.45) is 4.05. The van der Waals surface area contributed by atoms with Crippen molar-refractivity contribution in [2.45, 2.75) is 39.2 Å². The van der Waals surface area contributed by atoms with Crippen molar-refractivity contribution < 1.29 is 0 Å². The first-order chi connectivity index (χ1) is 8.25. The van der Waals surface area contributed by atoms with Crippen LogP contribution in [0.2, 0.25) is 0 Å². The minimum atomic E-state index is 0.733. The first kappa shape index (κ1) is 13.3. The van der Waals surface area contributed by atoms with E-state index in [0.717, 1.165) is 12.0 Å². The zero-order valence-electron chi connectivity index (χ0n) is 11.6. The van der Waals surface area contributed by atoms with E-state index in [9.17, 15) is 0 Å². The molecule has 0 aromatic carbocycles. The summed E-state index contributed by atoms with van der Waals surface area (Å²) in [5, 5.41) is 3.49. The van der Waals surface area contributed by atoms with Crippen LogP contribution in [0, 0.1) is 5.92 Å². The zero-order valence-corrected chi connectivity index (χ0v) is 11.6. The van der Waals surface area contributed by atoms with Gasteiger partial charge < -0.3 is 15.1 Å². The molecule has 2 heterocycles. The third-order valence-corrected chi connectivity index (χ3v) is 4.22. The molecule has 3 heteroatoms. The maximum atomic E-state index is 3.49. The van der Waals surface area contributed by atoms with Crippen LogP contribution in [0.1, 0.15) is 33.1 Å². The molecular formula is C14H29N3. The molecule has 0 radical (unpaired) electrons. The topological polar surface area (TPSA) is 18.5 Å². The quantitative estimate of drug-likeness (QED) is 0.803. The van der Waals surface area contributed by atoms with E-state index in [-0.39, 0.29) is 0 Å². The second-order valence-corrected chi connectivity index (χ2v) is 6.00. The average molecular weight is 239 g/mol. The molecule has 2 fully saturated rings. The molecular weight excluding hydrogens is 210 g/mol. The highest BCUT2D eigenvalue weighted by molar-refractivity contribution is 4.80. The van der Waals surface area contributed by atoms with Gasteiger partial charge in [0.2, 0.25) is 0 Å². The molecule has 0 amide bonds. The predicted molar refractivity (Wildman–Crippen MR) is 73.4 cm³/mol. The Hall–Kier alpha value is -0.120. The fourth-order valence-electron chi connectivity index (χ4n) is 3.12. The smallest absolute Gasteiger partial charge is 0.00387 e. The van der Waals surface area contributed by atoms with Gasteiger partial charge in [-0.15, -0.1) is 0 Å². The molecule has 1 unspecified atom stereocenters. The van der Waals surface area contributed by atoms with Crippen molar-refractivity contribution in [3.63, 3.8) is 0 Å². The van der Waals surface area contributed by atoms with Crippen molar-refractivity contribution in [1.82, 2.24) is 15.1 Å². The fourth-order valence-corrected chi connectivity index (χ4v) is 3.12. The summed E-state index contributed by atoms with van der Waals surface area (Å²) < 4.78 is 0. The summed E-state index contributed by atoms with van der Waals surface area (Å²) in [5.74, 6) is 0.921. The van der Waals surface area contributed by atoms with Gasteiger partial charge in [0.1, 0.15) is 0 Å². The molecule has 17 heavy (non-hydrogen) atoms. The van der Waals surface area contributed by atoms with E-state index < -0.39 is 0 Å². The van der Waals surface area contributed by atoms with Crippen LogP contribution >= 0.6 is 0 Å². The average Bonchev–Trinajstić information content (AvgIpc) is 2.70. The molecule has 0 aromatic heterocycles. The number of nitrogens with one attached hydrogen (secondary N) is 1. The van der Waals surface area contributed by atoms with Crippen molar-refractivity contribution >= 4 is 0 Å². The zero-order chi connectivity index (χ0) is 12.1. The Kier molecular flexibility index (Phi) is 5.26. The summed E-state index contributed by atoms with van der Waals surface area (Å²) >= 11 is 0. The maximum Gasteiger partial charge on any atom is 0.00387 e. The van der Waals surface area contributed by atoms with Gasteiger partial charge in [-0.05, 0) is 71.8 Å². The summed E-state index contributed by atoms with van der Waals surface area (Å²) in [6, 6.07) is 0.733. The van der Waals surface area contributed by atoms with Gasteiger partial charge in [0.05, 0.1) is 0 Å². The van der Waals surface area contributed by atoms with E-state index in [1.807, 2.05) is 0 Å². The third kappa shape index (κ3) is 4.23. The van der Waals surface area contributed by atoms with Gasteiger partial charge in [0.15, 0.2) is 0 Å². The van der Waals surface area contributed by atoms with Gasteiger partial charge in [0, 0.05) is 19.1 Å². The number of hydrogen-bond donors (Lipinski definition) is 1. The molecule has 3 nitrogen and oxygen atoms in total. The van der Waals surface area contributed by atoms with Gasteiger partial charge in [-0.25, -0.2) is 0 Å². The molecule has 0 aliphatic carbocycles. The van der Waals surface area contributed by atoms with Crippen molar-refractivity contribution in [1.29, 1.82) is 0 Å². The van der Waals surface area contributed by atoms with Crippen LogP contribution in [0.3, 0.4) is 0 Å². The van der Waals surface area contributed by atoms with Crippen LogP contribution in [-0.2, 0) is 0 Å². The minimum absolute atomic E-state index is 0.733. The Morgan fingerprint density at radius 3 is 2.41 bits per heavy atom. The summed E-state index contributed by atoms with van der Waals surface area (Å²) in [6.45, 7) is 13.6. The van der Waals surface area contributed by atoms with E-state index in [2.05, 4.69) is 29.0 Å². The fraction of sp³-hybridized carbons (Fsp3) is 1.00. The lowest BCUT2D eigenvalue weighted by Crippen LogP contribution is -2.38. The molecule has 2 rings (SSSR count). The Morgan fingerprint density at radius 2 is 1.82 bits per heavy atom. The van der Waals surface area contributed by atoms with Crippen molar-refractivity contribution in [3.05, 3.63) is 0 Å². The lowest BCUT2D eigenvalue weighted by atomic mass is 10.1. The molecule has 0 aromatic rings. The van der Waals surface area contributed by atoms with Gasteiger partial charge in [-0.2, -0.15) is 0 Å². The SMILES string of the molecule is CC(C)N1CCC(CN2CCCNCCC2)C1. The highest BCUT2D eigenvalue weighted by atomic mass is 15.2. The summed E-state index contributed by atoms with van der Waals surface area (Å²) in [5.41, 5.74) is 0.